The van der Waals surface area contributed by atoms with E-state index in [1.807, 2.05) is 42.6 Å². The van der Waals surface area contributed by atoms with Gasteiger partial charge in [0.2, 0.25) is 0 Å². The maximum atomic E-state index is 12.8. The van der Waals surface area contributed by atoms with Crippen LogP contribution in [0.3, 0.4) is 0 Å². The predicted molar refractivity (Wildman–Crippen MR) is 145 cm³/mol. The van der Waals surface area contributed by atoms with Crippen molar-refractivity contribution in [2.45, 2.75) is 71.8 Å². The molecule has 6 nitrogen and oxygen atoms in total. The molecule has 0 amide bonds. The van der Waals surface area contributed by atoms with Gasteiger partial charge in [0, 0.05) is 25.6 Å². The summed E-state index contributed by atoms with van der Waals surface area (Å²) in [7, 11) is 0. The van der Waals surface area contributed by atoms with Gasteiger partial charge in [-0.2, -0.15) is 0 Å². The molecular weight excluding hydrogens is 448 g/mol. The maximum Gasteiger partial charge on any atom is 0.311 e. The summed E-state index contributed by atoms with van der Waals surface area (Å²) in [5, 5.41) is 0.796. The van der Waals surface area contributed by atoms with Crippen molar-refractivity contribution < 1.29 is 9.53 Å². The third kappa shape index (κ3) is 4.85. The first-order chi connectivity index (χ1) is 17.7. The molecule has 0 radical (unpaired) electrons. The first-order valence-electron chi connectivity index (χ1n) is 13.2. The number of carbonyl (C=O) groups is 1. The van der Waals surface area contributed by atoms with Crippen LogP contribution in [-0.4, -0.2) is 24.9 Å². The SMILES string of the molecule is CCCCCC(=O)Oc1cn(Cc2ccccc2)c2nc(CCCCC)n3c4ccccc4nc3c12. The van der Waals surface area contributed by atoms with Crippen LogP contribution in [0, 0.1) is 0 Å². The van der Waals surface area contributed by atoms with Crippen molar-refractivity contribution in [3.05, 3.63) is 72.2 Å². The van der Waals surface area contributed by atoms with Crippen LogP contribution in [0.5, 0.6) is 5.75 Å². The van der Waals surface area contributed by atoms with Gasteiger partial charge < -0.3 is 9.30 Å². The standard InChI is InChI=1S/C30H34N4O2/c1-3-5-8-18-26-32-29-28(30-31-23-16-12-13-17-24(23)34(26)30)25(36-27(35)19-9-6-4-2)21-33(29)20-22-14-10-7-11-15-22/h7,10-17,21H,3-6,8-9,18-20H2,1-2H3. The van der Waals surface area contributed by atoms with Crippen molar-refractivity contribution in [2.75, 3.05) is 0 Å². The van der Waals surface area contributed by atoms with Gasteiger partial charge in [-0.1, -0.05) is 82.0 Å². The molecule has 5 aromatic rings. The van der Waals surface area contributed by atoms with Gasteiger partial charge in [-0.25, -0.2) is 9.97 Å². The number of aryl methyl sites for hydroxylation is 1. The van der Waals surface area contributed by atoms with Gasteiger partial charge in [0.1, 0.15) is 16.9 Å². The Labute approximate surface area is 211 Å². The fraction of sp³-hybridized carbons (Fsp3) is 0.367. The molecule has 0 aliphatic rings. The van der Waals surface area contributed by atoms with E-state index in [2.05, 4.69) is 41.0 Å². The third-order valence-electron chi connectivity index (χ3n) is 6.70. The zero-order chi connectivity index (χ0) is 24.9. The molecule has 0 N–H and O–H groups in total. The number of hydrogen-bond acceptors (Lipinski definition) is 4. The smallest absolute Gasteiger partial charge is 0.311 e. The number of fused-ring (bicyclic) bond motifs is 5. The van der Waals surface area contributed by atoms with Crippen LogP contribution in [0.15, 0.2) is 60.8 Å². The molecule has 3 heterocycles. The Morgan fingerprint density at radius 3 is 2.42 bits per heavy atom. The molecule has 0 spiro atoms. The molecule has 0 fully saturated rings. The van der Waals surface area contributed by atoms with Crippen LogP contribution >= 0.6 is 0 Å². The predicted octanol–water partition coefficient (Wildman–Crippen LogP) is 7.10. The van der Waals surface area contributed by atoms with E-state index < -0.39 is 0 Å². The van der Waals surface area contributed by atoms with Gasteiger partial charge in [0.25, 0.3) is 0 Å². The Kier molecular flexibility index (Phi) is 7.31. The minimum absolute atomic E-state index is 0.205. The number of esters is 1. The van der Waals surface area contributed by atoms with Gasteiger partial charge in [0.15, 0.2) is 11.4 Å². The van der Waals surface area contributed by atoms with E-state index in [1.165, 1.54) is 0 Å². The lowest BCUT2D eigenvalue weighted by Gasteiger charge is -2.10. The van der Waals surface area contributed by atoms with Gasteiger partial charge in [-0.3, -0.25) is 9.20 Å². The molecule has 5 rings (SSSR count). The van der Waals surface area contributed by atoms with Crippen LogP contribution in [0.2, 0.25) is 0 Å². The van der Waals surface area contributed by atoms with Gasteiger partial charge in [-0.15, -0.1) is 0 Å². The zero-order valence-electron chi connectivity index (χ0n) is 21.2. The Balaban J connectivity index is 1.69. The Hall–Kier alpha value is -3.67. The number of benzene rings is 2. The maximum absolute atomic E-state index is 12.8. The minimum Gasteiger partial charge on any atom is -0.424 e. The highest BCUT2D eigenvalue weighted by molar-refractivity contribution is 6.01. The number of hydrogen-bond donors (Lipinski definition) is 0. The highest BCUT2D eigenvalue weighted by Gasteiger charge is 2.22. The van der Waals surface area contributed by atoms with E-state index in [1.54, 1.807) is 0 Å². The van der Waals surface area contributed by atoms with E-state index in [-0.39, 0.29) is 5.97 Å². The second-order valence-corrected chi connectivity index (χ2v) is 9.48. The van der Waals surface area contributed by atoms with E-state index in [0.717, 1.165) is 84.0 Å². The summed E-state index contributed by atoms with van der Waals surface area (Å²) >= 11 is 0. The molecule has 0 atom stereocenters. The van der Waals surface area contributed by atoms with Crippen LogP contribution < -0.4 is 4.74 Å². The third-order valence-corrected chi connectivity index (χ3v) is 6.70. The van der Waals surface area contributed by atoms with Gasteiger partial charge in [0.05, 0.1) is 11.0 Å². The quantitative estimate of drug-likeness (QED) is 0.149. The number of nitrogens with zero attached hydrogens (tertiary/aromatic N) is 4. The summed E-state index contributed by atoms with van der Waals surface area (Å²) in [4.78, 5) is 23.0. The zero-order valence-corrected chi connectivity index (χ0v) is 21.2. The van der Waals surface area contributed by atoms with Crippen LogP contribution in [0.4, 0.5) is 0 Å². The Bertz CT molecular complexity index is 1480. The fourth-order valence-corrected chi connectivity index (χ4v) is 4.85. The summed E-state index contributed by atoms with van der Waals surface area (Å²) in [6.07, 6.45) is 9.49. The summed E-state index contributed by atoms with van der Waals surface area (Å²) in [5.41, 5.74) is 4.72. The minimum atomic E-state index is -0.205. The number of ether oxygens (including phenoxy) is 1. The second-order valence-electron chi connectivity index (χ2n) is 9.48. The molecule has 186 valence electrons. The first-order valence-corrected chi connectivity index (χ1v) is 13.2. The van der Waals surface area contributed by atoms with Crippen LogP contribution in [0.25, 0.3) is 27.7 Å². The Morgan fingerprint density at radius 2 is 1.61 bits per heavy atom. The molecule has 6 heteroatoms. The molecule has 0 bridgehead atoms. The van der Waals surface area contributed by atoms with E-state index in [9.17, 15) is 4.79 Å². The summed E-state index contributed by atoms with van der Waals surface area (Å²) in [5.74, 6) is 1.33. The lowest BCUT2D eigenvalue weighted by molar-refractivity contribution is -0.134. The molecule has 36 heavy (non-hydrogen) atoms. The monoisotopic (exact) mass is 482 g/mol. The topological polar surface area (TPSA) is 61.4 Å². The molecule has 0 saturated heterocycles. The first kappa shape index (κ1) is 24.0. The largest absolute Gasteiger partial charge is 0.424 e. The second kappa shape index (κ2) is 10.9. The Morgan fingerprint density at radius 1 is 0.861 bits per heavy atom. The number of rotatable bonds is 11. The fourth-order valence-electron chi connectivity index (χ4n) is 4.85. The molecule has 2 aromatic carbocycles. The molecule has 0 unspecified atom stereocenters. The summed E-state index contributed by atoms with van der Waals surface area (Å²) in [6, 6.07) is 18.5. The van der Waals surface area contributed by atoms with Crippen LogP contribution in [0.1, 0.15) is 70.2 Å². The van der Waals surface area contributed by atoms with Gasteiger partial charge >= 0.3 is 5.97 Å². The molecule has 0 aliphatic carbocycles. The van der Waals surface area contributed by atoms with Crippen molar-refractivity contribution in [1.82, 2.24) is 18.9 Å². The van der Waals surface area contributed by atoms with E-state index >= 15 is 0 Å². The van der Waals surface area contributed by atoms with Crippen molar-refractivity contribution in [3.8, 4) is 5.75 Å². The van der Waals surface area contributed by atoms with Crippen molar-refractivity contribution in [2.24, 2.45) is 0 Å². The number of unbranched alkanes of at least 4 members (excludes halogenated alkanes) is 4. The van der Waals surface area contributed by atoms with Gasteiger partial charge in [-0.05, 0) is 30.5 Å². The molecule has 3 aromatic heterocycles. The van der Waals surface area contributed by atoms with E-state index in [4.69, 9.17) is 14.7 Å². The summed E-state index contributed by atoms with van der Waals surface area (Å²) in [6.45, 7) is 4.99. The lowest BCUT2D eigenvalue weighted by Crippen LogP contribution is -2.08. The van der Waals surface area contributed by atoms with Crippen molar-refractivity contribution in [3.63, 3.8) is 0 Å². The highest BCUT2D eigenvalue weighted by atomic mass is 16.5. The lowest BCUT2D eigenvalue weighted by atomic mass is 10.2. The van der Waals surface area contributed by atoms with E-state index in [0.29, 0.717) is 18.7 Å². The van der Waals surface area contributed by atoms with Crippen molar-refractivity contribution >= 4 is 33.7 Å². The number of carbonyl (C=O) groups excluding carboxylic acids is 1. The average Bonchev–Trinajstić information content (AvgIpc) is 3.43. The summed E-state index contributed by atoms with van der Waals surface area (Å²) < 4.78 is 10.2. The number of imidazole rings is 1. The highest BCUT2D eigenvalue weighted by Crippen LogP contribution is 2.34. The normalized spacial score (nSPS) is 11.6. The molecule has 0 saturated carbocycles. The number of aromatic nitrogens is 4. The molecular formula is C30H34N4O2. The van der Waals surface area contributed by atoms with Crippen molar-refractivity contribution in [1.29, 1.82) is 0 Å². The number of para-hydroxylation sites is 2. The molecule has 0 aliphatic heterocycles. The average molecular weight is 483 g/mol. The van der Waals surface area contributed by atoms with Crippen LogP contribution in [-0.2, 0) is 17.8 Å².